The number of aryl methyl sites for hydroxylation is 8. The maximum Gasteiger partial charge on any atom is 0 e. The van der Waals surface area contributed by atoms with Gasteiger partial charge in [-0.2, -0.15) is 0 Å². The zero-order valence-electron chi connectivity index (χ0n) is 21.9. The molecule has 0 radical (unpaired) electrons. The zero-order valence-corrected chi connectivity index (χ0v) is 25.4. The molecule has 4 aromatic heterocycles. The normalized spacial score (nSPS) is 12.2. The maximum atomic E-state index is 2.80. The largest absolute Gasteiger partial charge is 0 e. The minimum atomic E-state index is -3.37. The predicted molar refractivity (Wildman–Crippen MR) is 136 cm³/mol. The third-order valence-corrected chi connectivity index (χ3v) is 15.2. The summed E-state index contributed by atoms with van der Waals surface area (Å²) in [5.74, 6) is 0. The Kier molecular flexibility index (Phi) is 8.36. The van der Waals surface area contributed by atoms with E-state index in [2.05, 4.69) is 117 Å². The van der Waals surface area contributed by atoms with Crippen LogP contribution < -0.4 is 0 Å². The molecule has 4 heterocycles. The Morgan fingerprint density at radius 2 is 0.676 bits per heavy atom. The van der Waals surface area contributed by atoms with E-state index in [1.165, 1.54) is 45.6 Å². The SMILES string of the molecule is CCc1ccc(CC)[n]1[Ru]([n]1c(C)ccc1C)([n]1c(C)ccc1C)[n]1c(CC)ccc1CC.[Ru]. The van der Waals surface area contributed by atoms with Gasteiger partial charge < -0.3 is 0 Å². The molecule has 34 heavy (non-hydrogen) atoms. The summed E-state index contributed by atoms with van der Waals surface area (Å²) in [6.45, 7) is 18.4. The first-order chi connectivity index (χ1) is 15.9. The van der Waals surface area contributed by atoms with Crippen molar-refractivity contribution in [1.82, 2.24) is 13.2 Å². The fourth-order valence-corrected chi connectivity index (χ4v) is 15.1. The van der Waals surface area contributed by atoms with E-state index in [-0.39, 0.29) is 19.5 Å². The Bertz CT molecular complexity index is 1090. The van der Waals surface area contributed by atoms with E-state index in [9.17, 15) is 0 Å². The molecule has 4 rings (SSSR count). The van der Waals surface area contributed by atoms with Crippen LogP contribution in [0.15, 0.2) is 48.5 Å². The molecular weight excluding hydrogens is 594 g/mol. The van der Waals surface area contributed by atoms with Crippen LogP contribution in [0.2, 0.25) is 0 Å². The van der Waals surface area contributed by atoms with Gasteiger partial charge in [-0.25, -0.2) is 0 Å². The number of hydrogen-bond acceptors (Lipinski definition) is 0. The molecule has 4 aromatic rings. The maximum absolute atomic E-state index is 3.37. The van der Waals surface area contributed by atoms with E-state index in [0.717, 1.165) is 25.7 Å². The first kappa shape index (κ1) is 27.0. The summed E-state index contributed by atoms with van der Waals surface area (Å²) in [6.07, 6.45) is 4.08. The van der Waals surface area contributed by atoms with Crippen molar-refractivity contribution in [2.75, 3.05) is 0 Å². The van der Waals surface area contributed by atoms with Gasteiger partial charge in [0, 0.05) is 19.5 Å². The number of rotatable bonds is 8. The zero-order chi connectivity index (χ0) is 23.9. The van der Waals surface area contributed by atoms with Gasteiger partial charge in [0.2, 0.25) is 0 Å². The molecule has 0 fully saturated rings. The van der Waals surface area contributed by atoms with Crippen molar-refractivity contribution in [2.45, 2.75) is 81.1 Å². The fourth-order valence-electron chi connectivity index (χ4n) is 4.95. The first-order valence-corrected chi connectivity index (χ1v) is 15.4. The summed E-state index contributed by atoms with van der Waals surface area (Å²) in [5, 5.41) is 0. The van der Waals surface area contributed by atoms with E-state index in [1.54, 1.807) is 0 Å². The molecule has 0 aliphatic carbocycles. The molecule has 0 spiro atoms. The molecule has 6 heteroatoms. The van der Waals surface area contributed by atoms with Crippen LogP contribution >= 0.6 is 0 Å². The molecule has 0 saturated carbocycles. The van der Waals surface area contributed by atoms with Gasteiger partial charge >= 0.3 is 204 Å². The van der Waals surface area contributed by atoms with Gasteiger partial charge in [0.05, 0.1) is 0 Å². The molecule has 0 amide bonds. The average Bonchev–Trinajstić information content (AvgIpc) is 3.58. The molecule has 0 aliphatic rings. The Balaban J connectivity index is 0.00000324. The van der Waals surface area contributed by atoms with Gasteiger partial charge in [-0.05, 0) is 0 Å². The van der Waals surface area contributed by atoms with E-state index < -0.39 is 15.7 Å². The van der Waals surface area contributed by atoms with Gasteiger partial charge in [0.15, 0.2) is 0 Å². The van der Waals surface area contributed by atoms with Crippen molar-refractivity contribution in [2.24, 2.45) is 0 Å². The van der Waals surface area contributed by atoms with E-state index in [4.69, 9.17) is 0 Å². The minimum Gasteiger partial charge on any atom is 0 e. The molecule has 0 bridgehead atoms. The number of nitrogens with zero attached hydrogens (tertiary/aromatic N) is 4. The third-order valence-electron chi connectivity index (χ3n) is 6.55. The molecule has 188 valence electrons. The van der Waals surface area contributed by atoms with Gasteiger partial charge in [-0.3, -0.25) is 0 Å². The predicted octanol–water partition coefficient (Wildman–Crippen LogP) is 6.68. The molecule has 0 saturated heterocycles. The molecule has 0 atom stereocenters. The summed E-state index contributed by atoms with van der Waals surface area (Å²) >= 11 is -3.37. The minimum absolute atomic E-state index is 0. The van der Waals surface area contributed by atoms with Crippen LogP contribution in [0.4, 0.5) is 0 Å². The summed E-state index contributed by atoms with van der Waals surface area (Å²) in [7, 11) is 0. The second kappa shape index (κ2) is 10.5. The molecular formula is C28H40N4Ru2. The first-order valence-electron chi connectivity index (χ1n) is 12.3. The van der Waals surface area contributed by atoms with Crippen molar-refractivity contribution in [3.8, 4) is 0 Å². The Morgan fingerprint density at radius 1 is 0.441 bits per heavy atom. The second-order valence-corrected chi connectivity index (χ2v) is 14.0. The Morgan fingerprint density at radius 3 is 0.882 bits per heavy atom. The van der Waals surface area contributed by atoms with Crippen LogP contribution in [0.1, 0.15) is 73.2 Å². The molecule has 0 N–H and O–H groups in total. The van der Waals surface area contributed by atoms with Crippen LogP contribution in [0.5, 0.6) is 0 Å². The molecule has 0 unspecified atom stereocenters. The standard InChI is InChI=1S/2C8H12N.2C6H8N.2Ru/c2*1-3-7-5-6-8(4-2)9-7;2*1-5-3-4-6(2)7-5;;/h2*5-6H,3-4H2,1-2H3;2*3-4H,1-2H3;;/q4*-1;;+4. The summed E-state index contributed by atoms with van der Waals surface area (Å²) < 4.78 is 11.1. The monoisotopic (exact) mass is 636 g/mol. The van der Waals surface area contributed by atoms with Crippen LogP contribution in [0, 0.1) is 27.7 Å². The summed E-state index contributed by atoms with van der Waals surface area (Å²) in [6, 6.07) is 18.7. The Hall–Kier alpha value is -1.63. The third kappa shape index (κ3) is 3.86. The average molecular weight is 635 g/mol. The van der Waals surface area contributed by atoms with E-state index >= 15 is 0 Å². The number of hydrogen-bond donors (Lipinski definition) is 0. The van der Waals surface area contributed by atoms with Crippen LogP contribution in [-0.4, -0.2) is 13.2 Å². The van der Waals surface area contributed by atoms with Crippen molar-refractivity contribution >= 4 is 0 Å². The van der Waals surface area contributed by atoms with Crippen molar-refractivity contribution in [1.29, 1.82) is 0 Å². The van der Waals surface area contributed by atoms with Gasteiger partial charge in [0.25, 0.3) is 0 Å². The summed E-state index contributed by atoms with van der Waals surface area (Å²) in [4.78, 5) is 0. The van der Waals surface area contributed by atoms with Crippen LogP contribution in [-0.2, 0) is 60.9 Å². The molecule has 0 aromatic carbocycles. The van der Waals surface area contributed by atoms with Gasteiger partial charge in [-0.1, -0.05) is 0 Å². The Labute approximate surface area is 222 Å². The topological polar surface area (TPSA) is 19.7 Å². The quantitative estimate of drug-likeness (QED) is 0.193. The van der Waals surface area contributed by atoms with Crippen molar-refractivity contribution < 1.29 is 35.2 Å². The van der Waals surface area contributed by atoms with Crippen LogP contribution in [0.25, 0.3) is 0 Å². The van der Waals surface area contributed by atoms with Crippen molar-refractivity contribution in [3.05, 3.63) is 94.1 Å². The van der Waals surface area contributed by atoms with Gasteiger partial charge in [0.1, 0.15) is 0 Å². The molecule has 4 nitrogen and oxygen atoms in total. The van der Waals surface area contributed by atoms with E-state index in [1.807, 2.05) is 0 Å². The smallest absolute Gasteiger partial charge is 0 e. The van der Waals surface area contributed by atoms with Gasteiger partial charge in [-0.15, -0.1) is 0 Å². The number of aromatic nitrogens is 4. The summed E-state index contributed by atoms with van der Waals surface area (Å²) in [5.41, 5.74) is 11.0. The van der Waals surface area contributed by atoms with E-state index in [0.29, 0.717) is 0 Å². The van der Waals surface area contributed by atoms with Crippen molar-refractivity contribution in [3.63, 3.8) is 0 Å². The molecule has 0 aliphatic heterocycles. The fraction of sp³-hybridized carbons (Fsp3) is 0.429. The second-order valence-electron chi connectivity index (χ2n) is 8.78. The van der Waals surface area contributed by atoms with Crippen LogP contribution in [0.3, 0.4) is 0 Å².